The number of hydrogen-bond acceptors (Lipinski definition) is 0. The highest BCUT2D eigenvalue weighted by molar-refractivity contribution is 6.76. The molecular weight excluding hydrogens is 984 g/mol. The lowest BCUT2D eigenvalue weighted by molar-refractivity contribution is 0.791. The SMILES string of the molecule is Bc1c(B)c(B)c(C(c2c(B)c(B)c(B)c(B)c2B)(c2c(B)c(B)c(B)c(B)c2B)c2c(B)c(B)c(B)c(-n3c4c(B)c(B)c(B)c(B)c4c4c(B)c(-n5c6c(B)c(B)c(B)c(B)c6c6c(B)c(B)c(B)c(B)c65)c(B)c(B)c43)c2B)c(B)c1B. The van der Waals surface area contributed by atoms with E-state index in [1.165, 1.54) is 263 Å². The van der Waals surface area contributed by atoms with Crippen molar-refractivity contribution in [3.63, 3.8) is 0 Å². The van der Waals surface area contributed by atoms with Crippen LogP contribution in [0.25, 0.3) is 55.0 Å². The van der Waals surface area contributed by atoms with Crippen LogP contribution in [-0.4, -0.2) is 276 Å². The molecule has 0 N–H and O–H groups in total. The molecular formula is C49H68B34N2. The minimum Gasteiger partial charge on any atom is -0.312 e. The summed E-state index contributed by atoms with van der Waals surface area (Å²) in [5.74, 6) is 0. The predicted molar refractivity (Wildman–Crippen MR) is 491 cm³/mol. The van der Waals surface area contributed by atoms with E-state index in [9.17, 15) is 0 Å². The summed E-state index contributed by atoms with van der Waals surface area (Å²) in [6.07, 6.45) is 0. The van der Waals surface area contributed by atoms with Gasteiger partial charge in [-0.2, -0.15) is 0 Å². The lowest BCUT2D eigenvalue weighted by Gasteiger charge is -2.49. The molecule has 0 spiro atoms. The first kappa shape index (κ1) is 63.6. The monoisotopic (exact) mass is 1060 g/mol. The normalized spacial score (nSPS) is 12.0. The largest absolute Gasteiger partial charge is 0.312 e. The second kappa shape index (κ2) is 21.4. The highest BCUT2D eigenvalue weighted by atomic mass is 15.0. The van der Waals surface area contributed by atoms with Gasteiger partial charge in [0.25, 0.3) is 0 Å². The number of rotatable bonds is 6. The molecule has 36 heteroatoms. The van der Waals surface area contributed by atoms with Gasteiger partial charge in [-0.15, -0.1) is 65.6 Å². The molecule has 0 aliphatic carbocycles. The van der Waals surface area contributed by atoms with Crippen LogP contribution in [0.2, 0.25) is 0 Å². The Morgan fingerprint density at radius 1 is 0.141 bits per heavy atom. The molecule has 0 aliphatic heterocycles. The third kappa shape index (κ3) is 8.07. The maximum absolute atomic E-state index is 2.84. The molecule has 0 fully saturated rings. The van der Waals surface area contributed by atoms with Crippen molar-refractivity contribution < 1.29 is 0 Å². The third-order valence-corrected chi connectivity index (χ3v) is 25.1. The van der Waals surface area contributed by atoms with Gasteiger partial charge in [0.05, 0.1) is 5.41 Å². The Balaban J connectivity index is 1.56. The van der Waals surface area contributed by atoms with E-state index in [2.05, 4.69) is 276 Å². The van der Waals surface area contributed by atoms with E-state index in [4.69, 9.17) is 0 Å². The molecule has 8 aromatic carbocycles. The number of benzene rings is 8. The van der Waals surface area contributed by atoms with Gasteiger partial charge < -0.3 is 9.13 Å². The van der Waals surface area contributed by atoms with Gasteiger partial charge in [-0.05, 0) is 38.4 Å². The lowest BCUT2D eigenvalue weighted by atomic mass is 9.43. The summed E-state index contributed by atoms with van der Waals surface area (Å²) in [5, 5.41) is 5.57. The zero-order valence-electron chi connectivity index (χ0n) is 59.4. The summed E-state index contributed by atoms with van der Waals surface area (Å²) < 4.78 is 5.60. The first-order valence-corrected chi connectivity index (χ1v) is 31.8. The van der Waals surface area contributed by atoms with Crippen LogP contribution in [0.5, 0.6) is 0 Å². The van der Waals surface area contributed by atoms with Crippen LogP contribution in [-0.2, 0) is 5.41 Å². The van der Waals surface area contributed by atoms with Crippen molar-refractivity contribution in [1.29, 1.82) is 0 Å². The highest BCUT2D eigenvalue weighted by Crippen LogP contribution is 2.40. The Labute approximate surface area is 540 Å². The Hall–Kier alpha value is -4.43. The van der Waals surface area contributed by atoms with E-state index >= 15 is 0 Å². The molecule has 2 aromatic heterocycles. The van der Waals surface area contributed by atoms with Crippen LogP contribution < -0.4 is 186 Å². The molecule has 85 heavy (non-hydrogen) atoms. The molecule has 10 rings (SSSR count). The Bertz CT molecular complexity index is 4490. The lowest BCUT2D eigenvalue weighted by Crippen LogP contribution is -2.69. The quantitative estimate of drug-likeness (QED) is 0.116. The van der Waals surface area contributed by atoms with Crippen molar-refractivity contribution in [3.05, 3.63) is 22.3 Å². The molecule has 376 valence electrons. The molecule has 0 radical (unpaired) electrons. The molecule has 0 atom stereocenters. The average molecular weight is 1050 g/mol. The van der Waals surface area contributed by atoms with Gasteiger partial charge in [0.2, 0.25) is 0 Å². The maximum atomic E-state index is 2.84. The third-order valence-electron chi connectivity index (χ3n) is 25.1. The summed E-state index contributed by atoms with van der Waals surface area (Å²) in [7, 11) is 82.1. The molecule has 2 heterocycles. The van der Waals surface area contributed by atoms with E-state index in [1.807, 2.05) is 0 Å². The van der Waals surface area contributed by atoms with Crippen molar-refractivity contribution in [3.8, 4) is 11.4 Å². The van der Waals surface area contributed by atoms with Gasteiger partial charge in [-0.3, -0.25) is 0 Å². The molecule has 0 aliphatic rings. The molecule has 0 unspecified atom stereocenters. The van der Waals surface area contributed by atoms with Crippen molar-refractivity contribution in [2.24, 2.45) is 0 Å². The van der Waals surface area contributed by atoms with Crippen LogP contribution in [0, 0.1) is 0 Å². The number of nitrogens with zero attached hydrogens (tertiary/aromatic N) is 2. The predicted octanol–water partition coefficient (Wildman–Crippen LogP) is -47.0. The summed E-state index contributed by atoms with van der Waals surface area (Å²) in [4.78, 5) is 0. The van der Waals surface area contributed by atoms with Gasteiger partial charge >= 0.3 is 0 Å². The van der Waals surface area contributed by atoms with E-state index < -0.39 is 5.41 Å². The van der Waals surface area contributed by atoms with Gasteiger partial charge in [0.1, 0.15) is 267 Å². The molecule has 10 aromatic rings. The second-order valence-corrected chi connectivity index (χ2v) is 27.8. The summed E-state index contributed by atoms with van der Waals surface area (Å²) in [6, 6.07) is 0. The van der Waals surface area contributed by atoms with Crippen molar-refractivity contribution in [1.82, 2.24) is 9.13 Å². The minimum absolute atomic E-state index is 0.743. The van der Waals surface area contributed by atoms with E-state index in [0.29, 0.717) is 0 Å². The van der Waals surface area contributed by atoms with E-state index in [-0.39, 0.29) is 0 Å². The topological polar surface area (TPSA) is 9.86 Å². The van der Waals surface area contributed by atoms with Gasteiger partial charge in [0, 0.05) is 38.8 Å². The fourth-order valence-corrected chi connectivity index (χ4v) is 17.5. The molecule has 2 nitrogen and oxygen atoms in total. The summed E-state index contributed by atoms with van der Waals surface area (Å²) in [6.45, 7) is 0. The van der Waals surface area contributed by atoms with Crippen LogP contribution in [0.3, 0.4) is 0 Å². The first-order valence-electron chi connectivity index (χ1n) is 31.8. The van der Waals surface area contributed by atoms with Crippen molar-refractivity contribution >= 4 is 496 Å². The van der Waals surface area contributed by atoms with Crippen LogP contribution in [0.4, 0.5) is 0 Å². The second-order valence-electron chi connectivity index (χ2n) is 27.8. The van der Waals surface area contributed by atoms with E-state index in [1.54, 1.807) is 0 Å². The minimum atomic E-state index is -0.743. The van der Waals surface area contributed by atoms with Gasteiger partial charge in [0.15, 0.2) is 0 Å². The fraction of sp³-hybridized carbons (Fsp3) is 0.0204. The van der Waals surface area contributed by atoms with Crippen molar-refractivity contribution in [2.75, 3.05) is 0 Å². The zero-order valence-corrected chi connectivity index (χ0v) is 59.4. The molecule has 0 bridgehead atoms. The van der Waals surface area contributed by atoms with Crippen LogP contribution in [0.1, 0.15) is 22.3 Å². The fourth-order valence-electron chi connectivity index (χ4n) is 17.5. The number of fused-ring (bicyclic) bond motifs is 6. The maximum Gasteiger partial charge on any atom is 0.142 e. The smallest absolute Gasteiger partial charge is 0.142 e. The standard InChI is InChI=1S/C49H68B34N2/c50-9-1-2-10(51)22(63)35(76)38(79)44(2)84(43(1)37(78)34(75)21(9)62)47-12(53)4-3-11(52)23(64)36(77)39(80)45(3)85(46(4)41(82)42(47)83)48-20(61)8(19(60)30(71)40(48)81)49(5-13(54)24(65)31(72)25(66)14(5)55,6-15(56)26(67)32(73)27(68)16(6)57)7-17(58)28(69)33(74)29(70)18(7)59/h50-83H2. The Kier molecular flexibility index (Phi) is 16.0. The molecule has 0 amide bonds. The average Bonchev–Trinajstić information content (AvgIpc) is 1.86. The van der Waals surface area contributed by atoms with Gasteiger partial charge in [-0.1, -0.05) is 120 Å². The molecule has 0 saturated heterocycles. The van der Waals surface area contributed by atoms with Crippen LogP contribution in [0.15, 0.2) is 0 Å². The van der Waals surface area contributed by atoms with Crippen molar-refractivity contribution in [2.45, 2.75) is 5.41 Å². The highest BCUT2D eigenvalue weighted by Gasteiger charge is 2.48. The van der Waals surface area contributed by atoms with E-state index in [0.717, 1.165) is 0 Å². The zero-order chi connectivity index (χ0) is 63.4. The number of hydrogen-bond donors (Lipinski definition) is 0. The summed E-state index contributed by atoms with van der Waals surface area (Å²) in [5.41, 5.74) is 59.9. The number of aromatic nitrogens is 2. The summed E-state index contributed by atoms with van der Waals surface area (Å²) >= 11 is 0. The first-order chi connectivity index (χ1) is 39.5. The Morgan fingerprint density at radius 3 is 0.553 bits per heavy atom. The Morgan fingerprint density at radius 2 is 0.294 bits per heavy atom. The molecule has 0 saturated carbocycles. The van der Waals surface area contributed by atoms with Gasteiger partial charge in [-0.25, -0.2) is 0 Å². The van der Waals surface area contributed by atoms with Crippen LogP contribution >= 0.6 is 0 Å².